The molecular weight excluding hydrogens is 341 g/mol. The first-order chi connectivity index (χ1) is 12.4. The van der Waals surface area contributed by atoms with Crippen molar-refractivity contribution in [2.75, 3.05) is 26.6 Å². The Kier molecular flexibility index (Phi) is 6.00. The zero-order chi connectivity index (χ0) is 19.3. The van der Waals surface area contributed by atoms with E-state index in [1.165, 1.54) is 27.4 Å². The van der Waals surface area contributed by atoms with E-state index >= 15 is 0 Å². The molecule has 0 heterocycles. The molecular formula is C18H20FN3O4. The predicted octanol–water partition coefficient (Wildman–Crippen LogP) is 2.45. The summed E-state index contributed by atoms with van der Waals surface area (Å²) in [5, 5.41) is 10.3. The van der Waals surface area contributed by atoms with E-state index < -0.39 is 17.8 Å². The van der Waals surface area contributed by atoms with Gasteiger partial charge in [-0.05, 0) is 30.3 Å². The first-order valence-electron chi connectivity index (χ1n) is 7.61. The summed E-state index contributed by atoms with van der Waals surface area (Å²) in [6.45, 7) is 0. The second-order valence-corrected chi connectivity index (χ2v) is 5.32. The van der Waals surface area contributed by atoms with Gasteiger partial charge in [0.1, 0.15) is 11.7 Å². The number of nitrogens with two attached hydrogens (primary N) is 1. The summed E-state index contributed by atoms with van der Waals surface area (Å²) in [5.74, 6) is -0.903. The van der Waals surface area contributed by atoms with Gasteiger partial charge in [-0.3, -0.25) is 5.41 Å². The van der Waals surface area contributed by atoms with Crippen LogP contribution in [0.15, 0.2) is 36.4 Å². The van der Waals surface area contributed by atoms with E-state index in [9.17, 15) is 9.18 Å². The Bertz CT molecular complexity index is 809. The van der Waals surface area contributed by atoms with Crippen molar-refractivity contribution in [3.63, 3.8) is 0 Å². The van der Waals surface area contributed by atoms with Crippen molar-refractivity contribution < 1.29 is 23.4 Å². The maximum Gasteiger partial charge on any atom is 0.333 e. The molecule has 1 unspecified atom stereocenters. The minimum Gasteiger partial charge on any atom is -0.493 e. The van der Waals surface area contributed by atoms with Crippen molar-refractivity contribution in [1.82, 2.24) is 0 Å². The smallest absolute Gasteiger partial charge is 0.333 e. The first-order valence-corrected chi connectivity index (χ1v) is 7.61. The fourth-order valence-electron chi connectivity index (χ4n) is 2.39. The normalized spacial score (nSPS) is 11.4. The van der Waals surface area contributed by atoms with Crippen molar-refractivity contribution in [3.05, 3.63) is 53.3 Å². The molecule has 1 atom stereocenters. The molecule has 0 fully saturated rings. The number of amidine groups is 1. The average molecular weight is 361 g/mol. The van der Waals surface area contributed by atoms with Gasteiger partial charge in [-0.1, -0.05) is 0 Å². The molecule has 2 rings (SSSR count). The Morgan fingerprint density at radius 3 is 2.19 bits per heavy atom. The molecule has 0 amide bonds. The van der Waals surface area contributed by atoms with E-state index in [1.807, 2.05) is 0 Å². The third-order valence-corrected chi connectivity index (χ3v) is 3.76. The van der Waals surface area contributed by atoms with Crippen LogP contribution in [0.2, 0.25) is 0 Å². The fourth-order valence-corrected chi connectivity index (χ4v) is 2.39. The van der Waals surface area contributed by atoms with Crippen LogP contribution in [0.3, 0.4) is 0 Å². The number of halogens is 1. The van der Waals surface area contributed by atoms with Gasteiger partial charge >= 0.3 is 5.97 Å². The van der Waals surface area contributed by atoms with Crippen LogP contribution in [0.1, 0.15) is 17.2 Å². The van der Waals surface area contributed by atoms with Gasteiger partial charge in [0.05, 0.1) is 21.3 Å². The fraction of sp³-hybridized carbons (Fsp3) is 0.222. The molecule has 0 aliphatic rings. The van der Waals surface area contributed by atoms with E-state index in [-0.39, 0.29) is 22.9 Å². The number of nitrogen functional groups attached to an aromatic ring is 1. The Morgan fingerprint density at radius 2 is 1.69 bits per heavy atom. The minimum absolute atomic E-state index is 0.0464. The summed E-state index contributed by atoms with van der Waals surface area (Å²) in [6.07, 6.45) is 0. The van der Waals surface area contributed by atoms with Gasteiger partial charge in [0.15, 0.2) is 17.5 Å². The third kappa shape index (κ3) is 4.02. The van der Waals surface area contributed by atoms with Crippen molar-refractivity contribution in [2.24, 2.45) is 5.73 Å². The third-order valence-electron chi connectivity index (χ3n) is 3.76. The molecule has 2 aromatic rings. The molecule has 0 aliphatic heterocycles. The first kappa shape index (κ1) is 19.0. The monoisotopic (exact) mass is 361 g/mol. The van der Waals surface area contributed by atoms with Crippen molar-refractivity contribution in [2.45, 2.75) is 6.04 Å². The van der Waals surface area contributed by atoms with E-state index in [0.29, 0.717) is 11.3 Å². The van der Waals surface area contributed by atoms with Crippen LogP contribution < -0.4 is 20.5 Å². The summed E-state index contributed by atoms with van der Waals surface area (Å²) in [5.41, 5.74) is 6.52. The highest BCUT2D eigenvalue weighted by Crippen LogP contribution is 2.34. The van der Waals surface area contributed by atoms with Gasteiger partial charge in [-0.2, -0.15) is 0 Å². The number of methoxy groups -OCH3 is 3. The number of benzene rings is 2. The lowest BCUT2D eigenvalue weighted by molar-refractivity contribution is -0.141. The Morgan fingerprint density at radius 1 is 1.12 bits per heavy atom. The summed E-state index contributed by atoms with van der Waals surface area (Å²) in [4.78, 5) is 12.2. The van der Waals surface area contributed by atoms with Crippen LogP contribution in [0.5, 0.6) is 11.5 Å². The number of nitrogens with one attached hydrogen (secondary N) is 2. The highest BCUT2D eigenvalue weighted by Gasteiger charge is 2.26. The molecule has 26 heavy (non-hydrogen) atoms. The predicted molar refractivity (Wildman–Crippen MR) is 95.3 cm³/mol. The Hall–Kier alpha value is -3.29. The van der Waals surface area contributed by atoms with Gasteiger partial charge in [-0.25, -0.2) is 9.18 Å². The Balaban J connectivity index is 2.42. The SMILES string of the molecule is COC(=O)C(Nc1ccc(C(=N)N)cc1)c1cc(OC)c(OC)cc1F. The van der Waals surface area contributed by atoms with Gasteiger partial charge < -0.3 is 25.3 Å². The largest absolute Gasteiger partial charge is 0.493 e. The van der Waals surface area contributed by atoms with Gasteiger partial charge in [0.2, 0.25) is 0 Å². The summed E-state index contributed by atoms with van der Waals surface area (Å²) >= 11 is 0. The number of anilines is 1. The highest BCUT2D eigenvalue weighted by molar-refractivity contribution is 5.95. The lowest BCUT2D eigenvalue weighted by Gasteiger charge is -2.20. The molecule has 8 heteroatoms. The van der Waals surface area contributed by atoms with Gasteiger partial charge in [-0.15, -0.1) is 0 Å². The molecule has 0 saturated heterocycles. The maximum atomic E-state index is 14.5. The number of ether oxygens (including phenoxy) is 3. The number of carbonyl (C=O) groups is 1. The summed E-state index contributed by atoms with van der Waals surface area (Å²) in [7, 11) is 4.03. The van der Waals surface area contributed by atoms with Crippen LogP contribution in [-0.4, -0.2) is 33.1 Å². The van der Waals surface area contributed by atoms with E-state index in [0.717, 1.165) is 6.07 Å². The lowest BCUT2D eigenvalue weighted by Crippen LogP contribution is -2.23. The number of carbonyl (C=O) groups excluding carboxylic acids is 1. The van der Waals surface area contributed by atoms with Crippen LogP contribution in [0.25, 0.3) is 0 Å². The average Bonchev–Trinajstić information content (AvgIpc) is 2.65. The topological polar surface area (TPSA) is 107 Å². The molecule has 0 radical (unpaired) electrons. The van der Waals surface area contributed by atoms with E-state index in [1.54, 1.807) is 24.3 Å². The van der Waals surface area contributed by atoms with Gasteiger partial charge in [0, 0.05) is 22.9 Å². The molecule has 0 aromatic heterocycles. The maximum absolute atomic E-state index is 14.5. The minimum atomic E-state index is -1.11. The standard InChI is InChI=1S/C18H20FN3O4/c1-24-14-8-12(13(19)9-15(14)25-2)16(18(23)26-3)22-11-6-4-10(5-7-11)17(20)21/h4-9,16,22H,1-3H3,(H3,20,21). The van der Waals surface area contributed by atoms with Crippen molar-refractivity contribution in [3.8, 4) is 11.5 Å². The zero-order valence-corrected chi connectivity index (χ0v) is 14.6. The number of hydrogen-bond donors (Lipinski definition) is 3. The molecule has 0 spiro atoms. The Labute approximate surface area is 150 Å². The van der Waals surface area contributed by atoms with Crippen LogP contribution in [0, 0.1) is 11.2 Å². The second-order valence-electron chi connectivity index (χ2n) is 5.32. The number of hydrogen-bond acceptors (Lipinski definition) is 6. The number of esters is 1. The molecule has 138 valence electrons. The zero-order valence-electron chi connectivity index (χ0n) is 14.6. The summed E-state index contributed by atoms with van der Waals surface area (Å²) < 4.78 is 29.6. The van der Waals surface area contributed by atoms with Crippen LogP contribution in [-0.2, 0) is 9.53 Å². The summed E-state index contributed by atoms with van der Waals surface area (Å²) in [6, 6.07) is 7.91. The van der Waals surface area contributed by atoms with Crippen LogP contribution in [0.4, 0.5) is 10.1 Å². The quantitative estimate of drug-likeness (QED) is 0.397. The molecule has 0 aliphatic carbocycles. The molecule has 4 N–H and O–H groups in total. The second kappa shape index (κ2) is 8.19. The van der Waals surface area contributed by atoms with Crippen LogP contribution >= 0.6 is 0 Å². The molecule has 2 aromatic carbocycles. The highest BCUT2D eigenvalue weighted by atomic mass is 19.1. The molecule has 0 saturated carbocycles. The van der Waals surface area contributed by atoms with E-state index in [4.69, 9.17) is 25.4 Å². The van der Waals surface area contributed by atoms with Gasteiger partial charge in [0.25, 0.3) is 0 Å². The number of rotatable bonds is 7. The molecule has 0 bridgehead atoms. The van der Waals surface area contributed by atoms with Crippen molar-refractivity contribution >= 4 is 17.5 Å². The van der Waals surface area contributed by atoms with E-state index in [2.05, 4.69) is 5.32 Å². The molecule has 7 nitrogen and oxygen atoms in total. The lowest BCUT2D eigenvalue weighted by atomic mass is 10.0. The van der Waals surface area contributed by atoms with Crippen molar-refractivity contribution in [1.29, 1.82) is 5.41 Å².